The number of nitrogens with two attached hydrogens (primary N) is 1. The van der Waals surface area contributed by atoms with Gasteiger partial charge in [0.05, 0.1) is 0 Å². The number of hydrazine groups is 1. The SMILES string of the molecule is CCCc1ccc(C(Cc2cc(C)cc(C)c2)NN)cc1. The van der Waals surface area contributed by atoms with Gasteiger partial charge in [0.2, 0.25) is 0 Å². The van der Waals surface area contributed by atoms with Crippen LogP contribution < -0.4 is 11.3 Å². The van der Waals surface area contributed by atoms with Crippen LogP contribution in [0.1, 0.15) is 47.2 Å². The zero-order chi connectivity index (χ0) is 15.2. The summed E-state index contributed by atoms with van der Waals surface area (Å²) in [6, 6.07) is 15.6. The van der Waals surface area contributed by atoms with Gasteiger partial charge in [0.1, 0.15) is 0 Å². The van der Waals surface area contributed by atoms with E-state index in [4.69, 9.17) is 5.84 Å². The average Bonchev–Trinajstić information content (AvgIpc) is 2.45. The molecule has 2 rings (SSSR count). The number of benzene rings is 2. The molecule has 0 aromatic heterocycles. The van der Waals surface area contributed by atoms with Crippen molar-refractivity contribution < 1.29 is 0 Å². The zero-order valence-corrected chi connectivity index (χ0v) is 13.3. The van der Waals surface area contributed by atoms with Crippen molar-refractivity contribution in [1.82, 2.24) is 5.43 Å². The van der Waals surface area contributed by atoms with E-state index in [1.807, 2.05) is 0 Å². The second-order valence-electron chi connectivity index (χ2n) is 5.91. The Kier molecular flexibility index (Phi) is 5.54. The van der Waals surface area contributed by atoms with Gasteiger partial charge in [0.25, 0.3) is 0 Å². The first-order valence-corrected chi connectivity index (χ1v) is 7.74. The Labute approximate surface area is 128 Å². The van der Waals surface area contributed by atoms with Gasteiger partial charge in [0, 0.05) is 6.04 Å². The van der Waals surface area contributed by atoms with Crippen LogP contribution in [0.25, 0.3) is 0 Å². The molecule has 3 N–H and O–H groups in total. The van der Waals surface area contributed by atoms with E-state index in [-0.39, 0.29) is 6.04 Å². The molecule has 112 valence electrons. The number of aryl methyl sites for hydroxylation is 3. The van der Waals surface area contributed by atoms with Crippen LogP contribution in [-0.4, -0.2) is 0 Å². The van der Waals surface area contributed by atoms with Gasteiger partial charge in [-0.15, -0.1) is 0 Å². The number of nitrogens with one attached hydrogen (secondary N) is 1. The summed E-state index contributed by atoms with van der Waals surface area (Å²) in [4.78, 5) is 0. The standard InChI is InChI=1S/C19H26N2/c1-4-5-16-6-8-18(9-7-16)19(21-20)13-17-11-14(2)10-15(3)12-17/h6-12,19,21H,4-5,13,20H2,1-3H3. The van der Waals surface area contributed by atoms with E-state index >= 15 is 0 Å². The van der Waals surface area contributed by atoms with Gasteiger partial charge >= 0.3 is 0 Å². The molecule has 0 saturated carbocycles. The second-order valence-corrected chi connectivity index (χ2v) is 5.91. The van der Waals surface area contributed by atoms with Gasteiger partial charge in [-0.2, -0.15) is 0 Å². The minimum atomic E-state index is 0.155. The lowest BCUT2D eigenvalue weighted by atomic mass is 9.96. The molecule has 0 aliphatic rings. The summed E-state index contributed by atoms with van der Waals surface area (Å²) in [5, 5.41) is 0. The molecule has 0 heterocycles. The van der Waals surface area contributed by atoms with Crippen molar-refractivity contribution in [3.63, 3.8) is 0 Å². The molecule has 0 radical (unpaired) electrons. The third kappa shape index (κ3) is 4.42. The van der Waals surface area contributed by atoms with Crippen molar-refractivity contribution in [2.45, 2.75) is 46.1 Å². The highest BCUT2D eigenvalue weighted by molar-refractivity contribution is 5.31. The molecule has 0 aliphatic carbocycles. The number of rotatable bonds is 6. The Balaban J connectivity index is 2.15. The molecule has 2 nitrogen and oxygen atoms in total. The van der Waals surface area contributed by atoms with Gasteiger partial charge in [-0.05, 0) is 43.4 Å². The summed E-state index contributed by atoms with van der Waals surface area (Å²) < 4.78 is 0. The predicted octanol–water partition coefficient (Wildman–Crippen LogP) is 4.00. The minimum absolute atomic E-state index is 0.155. The largest absolute Gasteiger partial charge is 0.271 e. The minimum Gasteiger partial charge on any atom is -0.271 e. The van der Waals surface area contributed by atoms with Crippen LogP contribution in [-0.2, 0) is 12.8 Å². The average molecular weight is 282 g/mol. The first kappa shape index (κ1) is 15.7. The lowest BCUT2D eigenvalue weighted by Crippen LogP contribution is -2.29. The summed E-state index contributed by atoms with van der Waals surface area (Å²) in [7, 11) is 0. The smallest absolute Gasteiger partial charge is 0.0500 e. The molecular weight excluding hydrogens is 256 g/mol. The monoisotopic (exact) mass is 282 g/mol. The maximum absolute atomic E-state index is 5.78. The molecule has 21 heavy (non-hydrogen) atoms. The highest BCUT2D eigenvalue weighted by Gasteiger charge is 2.11. The van der Waals surface area contributed by atoms with E-state index in [1.165, 1.54) is 34.2 Å². The summed E-state index contributed by atoms with van der Waals surface area (Å²) in [6.07, 6.45) is 3.23. The quantitative estimate of drug-likeness (QED) is 0.621. The van der Waals surface area contributed by atoms with Crippen LogP contribution in [0.4, 0.5) is 0 Å². The molecule has 2 aromatic carbocycles. The fraction of sp³-hybridized carbons (Fsp3) is 0.368. The number of hydrogen-bond acceptors (Lipinski definition) is 2. The van der Waals surface area contributed by atoms with Gasteiger partial charge < -0.3 is 0 Å². The van der Waals surface area contributed by atoms with Gasteiger partial charge in [-0.1, -0.05) is 66.9 Å². The Bertz CT molecular complexity index is 552. The highest BCUT2D eigenvalue weighted by atomic mass is 15.2. The third-order valence-electron chi connectivity index (χ3n) is 3.84. The van der Waals surface area contributed by atoms with Gasteiger partial charge in [-0.25, -0.2) is 0 Å². The molecule has 0 spiro atoms. The summed E-state index contributed by atoms with van der Waals surface area (Å²) in [6.45, 7) is 6.49. The van der Waals surface area contributed by atoms with Crippen molar-refractivity contribution in [3.8, 4) is 0 Å². The van der Waals surface area contributed by atoms with Crippen LogP contribution in [0.2, 0.25) is 0 Å². The maximum atomic E-state index is 5.78. The molecule has 0 amide bonds. The van der Waals surface area contributed by atoms with Crippen molar-refractivity contribution in [2.75, 3.05) is 0 Å². The van der Waals surface area contributed by atoms with Gasteiger partial charge in [-0.3, -0.25) is 11.3 Å². The number of hydrogen-bond donors (Lipinski definition) is 2. The fourth-order valence-electron chi connectivity index (χ4n) is 2.90. The van der Waals surface area contributed by atoms with Crippen molar-refractivity contribution in [2.24, 2.45) is 5.84 Å². The fourth-order valence-corrected chi connectivity index (χ4v) is 2.90. The molecule has 2 aromatic rings. The molecule has 2 heteroatoms. The van der Waals surface area contributed by atoms with E-state index in [1.54, 1.807) is 0 Å². The Morgan fingerprint density at radius 3 is 2.10 bits per heavy atom. The summed E-state index contributed by atoms with van der Waals surface area (Å²) in [5.74, 6) is 5.78. The molecule has 1 unspecified atom stereocenters. The van der Waals surface area contributed by atoms with E-state index in [2.05, 4.69) is 68.7 Å². The molecule has 0 bridgehead atoms. The van der Waals surface area contributed by atoms with Crippen LogP contribution in [0.5, 0.6) is 0 Å². The van der Waals surface area contributed by atoms with Crippen LogP contribution in [0.15, 0.2) is 42.5 Å². The topological polar surface area (TPSA) is 38.0 Å². The van der Waals surface area contributed by atoms with E-state index < -0.39 is 0 Å². The zero-order valence-electron chi connectivity index (χ0n) is 13.3. The van der Waals surface area contributed by atoms with Crippen molar-refractivity contribution in [1.29, 1.82) is 0 Å². The molecular formula is C19H26N2. The molecule has 1 atom stereocenters. The first-order chi connectivity index (χ1) is 10.1. The van der Waals surface area contributed by atoms with Crippen molar-refractivity contribution in [3.05, 3.63) is 70.3 Å². The Hall–Kier alpha value is -1.64. The normalized spacial score (nSPS) is 12.4. The maximum Gasteiger partial charge on any atom is 0.0500 e. The lowest BCUT2D eigenvalue weighted by Gasteiger charge is -2.17. The molecule has 0 saturated heterocycles. The van der Waals surface area contributed by atoms with Crippen molar-refractivity contribution >= 4 is 0 Å². The van der Waals surface area contributed by atoms with E-state index in [9.17, 15) is 0 Å². The Morgan fingerprint density at radius 2 is 1.57 bits per heavy atom. The third-order valence-corrected chi connectivity index (χ3v) is 3.84. The predicted molar refractivity (Wildman–Crippen MR) is 90.1 cm³/mol. The van der Waals surface area contributed by atoms with Crippen LogP contribution >= 0.6 is 0 Å². The van der Waals surface area contributed by atoms with Crippen LogP contribution in [0.3, 0.4) is 0 Å². The first-order valence-electron chi connectivity index (χ1n) is 7.74. The lowest BCUT2D eigenvalue weighted by molar-refractivity contribution is 0.551. The molecule has 0 aliphatic heterocycles. The molecule has 0 fully saturated rings. The summed E-state index contributed by atoms with van der Waals surface area (Å²) in [5.41, 5.74) is 9.53. The Morgan fingerprint density at radius 1 is 0.952 bits per heavy atom. The van der Waals surface area contributed by atoms with E-state index in [0.717, 1.165) is 12.8 Å². The van der Waals surface area contributed by atoms with E-state index in [0.29, 0.717) is 0 Å². The second kappa shape index (κ2) is 7.39. The summed E-state index contributed by atoms with van der Waals surface area (Å²) >= 11 is 0. The highest BCUT2D eigenvalue weighted by Crippen LogP contribution is 2.20. The van der Waals surface area contributed by atoms with Crippen LogP contribution in [0, 0.1) is 13.8 Å². The van der Waals surface area contributed by atoms with Gasteiger partial charge in [0.15, 0.2) is 0 Å².